The van der Waals surface area contributed by atoms with E-state index >= 15 is 0 Å². The number of rotatable bonds is 4. The Morgan fingerprint density at radius 3 is 2.40 bits per heavy atom. The van der Waals surface area contributed by atoms with E-state index in [0.29, 0.717) is 17.1 Å². The second-order valence-electron chi connectivity index (χ2n) is 5.35. The van der Waals surface area contributed by atoms with Gasteiger partial charge in [-0.05, 0) is 24.0 Å². The van der Waals surface area contributed by atoms with Crippen LogP contribution in [-0.4, -0.2) is 36.1 Å². The Balaban J connectivity index is 0.00000180. The Bertz CT molecular complexity index is 364. The lowest BCUT2D eigenvalue weighted by Gasteiger charge is -2.36. The molecule has 1 aromatic heterocycles. The summed E-state index contributed by atoms with van der Waals surface area (Å²) in [6, 6.07) is 4.48. The predicted molar refractivity (Wildman–Crippen MR) is 90.4 cm³/mol. The van der Waals surface area contributed by atoms with E-state index in [0.717, 1.165) is 26.2 Å². The molecule has 0 aromatic carbocycles. The molecule has 6 heteroatoms. The number of piperazine rings is 1. The first kappa shape index (κ1) is 19.9. The molecule has 0 unspecified atom stereocenters. The van der Waals surface area contributed by atoms with Gasteiger partial charge in [0, 0.05) is 38.4 Å². The van der Waals surface area contributed by atoms with Gasteiger partial charge in [0.05, 0.1) is 0 Å². The van der Waals surface area contributed by atoms with E-state index in [1.165, 1.54) is 12.0 Å². The molecule has 1 fully saturated rings. The quantitative estimate of drug-likeness (QED) is 0.849. The highest BCUT2D eigenvalue weighted by Gasteiger charge is 2.23. The lowest BCUT2D eigenvalue weighted by molar-refractivity contribution is 0.154. The van der Waals surface area contributed by atoms with Gasteiger partial charge in [-0.1, -0.05) is 31.5 Å². The average molecular weight is 341 g/mol. The van der Waals surface area contributed by atoms with Gasteiger partial charge in [0.25, 0.3) is 0 Å². The van der Waals surface area contributed by atoms with Gasteiger partial charge < -0.3 is 5.32 Å². The van der Waals surface area contributed by atoms with Gasteiger partial charge in [-0.15, -0.1) is 24.8 Å². The van der Waals surface area contributed by atoms with Crippen molar-refractivity contribution in [1.29, 1.82) is 0 Å². The molecule has 1 aliphatic heterocycles. The summed E-state index contributed by atoms with van der Waals surface area (Å²) in [6.45, 7) is 8.93. The van der Waals surface area contributed by atoms with Gasteiger partial charge >= 0.3 is 0 Å². The van der Waals surface area contributed by atoms with Crippen LogP contribution in [0.1, 0.15) is 31.9 Å². The summed E-state index contributed by atoms with van der Waals surface area (Å²) in [5.41, 5.74) is 1.29. The summed E-state index contributed by atoms with van der Waals surface area (Å²) in [4.78, 5) is 6.78. The molecule has 1 N–H and O–H groups in total. The van der Waals surface area contributed by atoms with Gasteiger partial charge in [0.2, 0.25) is 0 Å². The molecule has 2 rings (SSSR count). The predicted octanol–water partition coefficient (Wildman–Crippen LogP) is 3.57. The van der Waals surface area contributed by atoms with Crippen LogP contribution >= 0.6 is 36.4 Å². The number of nitrogens with zero attached hydrogens (tertiary/aromatic N) is 2. The summed E-state index contributed by atoms with van der Waals surface area (Å²) >= 11 is 5.87. The first-order valence-corrected chi connectivity index (χ1v) is 7.11. The minimum absolute atomic E-state index is 0. The van der Waals surface area contributed by atoms with Gasteiger partial charge in [0.15, 0.2) is 0 Å². The summed E-state index contributed by atoms with van der Waals surface area (Å²) in [5.74, 6) is 0.681. The first-order valence-electron chi connectivity index (χ1n) is 6.73. The standard InChI is InChI=1S/C14H22ClN3.2ClH/c1-11(2)9-13(18-7-5-16-6-8-18)12-3-4-14(15)17-10-12;;/h3-4,10-11,13,16H,5-9H2,1-2H3;2*1H/t13-;;/m1../s1. The van der Waals surface area contributed by atoms with Crippen LogP contribution in [0, 0.1) is 5.92 Å². The van der Waals surface area contributed by atoms with Crippen molar-refractivity contribution in [2.24, 2.45) is 5.92 Å². The van der Waals surface area contributed by atoms with Crippen molar-refractivity contribution in [2.45, 2.75) is 26.3 Å². The fraction of sp³-hybridized carbons (Fsp3) is 0.643. The topological polar surface area (TPSA) is 28.2 Å². The summed E-state index contributed by atoms with van der Waals surface area (Å²) in [7, 11) is 0. The smallest absolute Gasteiger partial charge is 0.129 e. The van der Waals surface area contributed by atoms with E-state index in [9.17, 15) is 0 Å². The van der Waals surface area contributed by atoms with Crippen molar-refractivity contribution in [3.05, 3.63) is 29.0 Å². The van der Waals surface area contributed by atoms with Crippen LogP contribution in [0.25, 0.3) is 0 Å². The van der Waals surface area contributed by atoms with Crippen LogP contribution in [-0.2, 0) is 0 Å². The number of aromatic nitrogens is 1. The number of pyridine rings is 1. The minimum Gasteiger partial charge on any atom is -0.314 e. The molecule has 0 saturated carbocycles. The van der Waals surface area contributed by atoms with Gasteiger partial charge in [0.1, 0.15) is 5.15 Å². The van der Waals surface area contributed by atoms with Crippen molar-refractivity contribution in [3.8, 4) is 0 Å². The number of nitrogens with one attached hydrogen (secondary N) is 1. The molecule has 1 aliphatic rings. The van der Waals surface area contributed by atoms with Crippen LogP contribution in [0.3, 0.4) is 0 Å². The number of halogens is 3. The fourth-order valence-electron chi connectivity index (χ4n) is 2.52. The van der Waals surface area contributed by atoms with Gasteiger partial charge in [-0.25, -0.2) is 4.98 Å². The highest BCUT2D eigenvalue weighted by Crippen LogP contribution is 2.28. The fourth-order valence-corrected chi connectivity index (χ4v) is 2.63. The molecule has 3 nitrogen and oxygen atoms in total. The zero-order valence-electron chi connectivity index (χ0n) is 12.0. The van der Waals surface area contributed by atoms with Crippen molar-refractivity contribution in [2.75, 3.05) is 26.2 Å². The van der Waals surface area contributed by atoms with Crippen LogP contribution < -0.4 is 5.32 Å². The largest absolute Gasteiger partial charge is 0.314 e. The molecule has 1 atom stereocenters. The van der Waals surface area contributed by atoms with Crippen LogP contribution in [0.4, 0.5) is 0 Å². The maximum Gasteiger partial charge on any atom is 0.129 e. The van der Waals surface area contributed by atoms with Crippen LogP contribution in [0.15, 0.2) is 18.3 Å². The molecule has 1 aromatic rings. The Morgan fingerprint density at radius 1 is 1.25 bits per heavy atom. The average Bonchev–Trinajstić information content (AvgIpc) is 2.38. The highest BCUT2D eigenvalue weighted by atomic mass is 35.5. The van der Waals surface area contributed by atoms with Crippen molar-refractivity contribution >= 4 is 36.4 Å². The normalized spacial score (nSPS) is 17.2. The first-order chi connectivity index (χ1) is 8.66. The molecule has 116 valence electrons. The van der Waals surface area contributed by atoms with Crippen molar-refractivity contribution in [3.63, 3.8) is 0 Å². The van der Waals surface area contributed by atoms with Crippen molar-refractivity contribution in [1.82, 2.24) is 15.2 Å². The molecule has 0 radical (unpaired) electrons. The lowest BCUT2D eigenvalue weighted by Crippen LogP contribution is -2.45. The highest BCUT2D eigenvalue weighted by molar-refractivity contribution is 6.29. The third-order valence-corrected chi connectivity index (χ3v) is 3.65. The molecular weight excluding hydrogens is 317 g/mol. The van der Waals surface area contributed by atoms with E-state index in [4.69, 9.17) is 11.6 Å². The Kier molecular flexibility index (Phi) is 9.77. The maximum atomic E-state index is 5.87. The van der Waals surface area contributed by atoms with E-state index < -0.39 is 0 Å². The second-order valence-corrected chi connectivity index (χ2v) is 5.73. The van der Waals surface area contributed by atoms with Crippen LogP contribution in [0.2, 0.25) is 5.15 Å². The monoisotopic (exact) mass is 339 g/mol. The molecule has 2 heterocycles. The molecule has 0 aliphatic carbocycles. The summed E-state index contributed by atoms with van der Waals surface area (Å²) in [5, 5.41) is 3.98. The van der Waals surface area contributed by atoms with Crippen molar-refractivity contribution < 1.29 is 0 Å². The van der Waals surface area contributed by atoms with E-state index in [1.807, 2.05) is 12.3 Å². The van der Waals surface area contributed by atoms with Gasteiger partial charge in [-0.3, -0.25) is 4.90 Å². The maximum absolute atomic E-state index is 5.87. The number of hydrogen-bond donors (Lipinski definition) is 1. The second kappa shape index (κ2) is 9.80. The molecule has 0 bridgehead atoms. The minimum atomic E-state index is 0. The summed E-state index contributed by atoms with van der Waals surface area (Å²) in [6.07, 6.45) is 3.10. The van der Waals surface area contributed by atoms with E-state index in [-0.39, 0.29) is 24.8 Å². The summed E-state index contributed by atoms with van der Waals surface area (Å²) < 4.78 is 0. The third kappa shape index (κ3) is 5.74. The SMILES string of the molecule is CC(C)C[C@H](c1ccc(Cl)nc1)N1CCNCC1.Cl.Cl. The van der Waals surface area contributed by atoms with E-state index in [2.05, 4.69) is 35.1 Å². The molecule has 0 spiro atoms. The molecule has 0 amide bonds. The lowest BCUT2D eigenvalue weighted by atomic mass is 9.96. The number of hydrogen-bond acceptors (Lipinski definition) is 3. The third-order valence-electron chi connectivity index (χ3n) is 3.42. The Hall–Kier alpha value is -0.0600. The zero-order chi connectivity index (χ0) is 13.0. The van der Waals surface area contributed by atoms with Gasteiger partial charge in [-0.2, -0.15) is 0 Å². The Morgan fingerprint density at radius 2 is 1.90 bits per heavy atom. The molecular formula is C14H24Cl3N3. The molecule has 20 heavy (non-hydrogen) atoms. The zero-order valence-corrected chi connectivity index (χ0v) is 14.4. The molecule has 1 saturated heterocycles. The van der Waals surface area contributed by atoms with Crippen LogP contribution in [0.5, 0.6) is 0 Å². The van der Waals surface area contributed by atoms with E-state index in [1.54, 1.807) is 0 Å². The Labute approximate surface area is 139 Å².